The molecule has 0 atom stereocenters. The maximum atomic E-state index is 2.46. The molecule has 692 valence electrons. The van der Waals surface area contributed by atoms with Gasteiger partial charge in [0.15, 0.2) is 0 Å². The second kappa shape index (κ2) is 33.6. The van der Waals surface area contributed by atoms with Gasteiger partial charge in [-0.05, 0) is 291 Å². The molecule has 0 saturated carbocycles. The number of rotatable bonds is 9. The maximum absolute atomic E-state index is 2.46. The van der Waals surface area contributed by atoms with Crippen molar-refractivity contribution < 1.29 is 0 Å². The topological polar surface area (TPSA) is 29.6 Å². The smallest absolute Gasteiger partial charge is 0.0640 e. The minimum absolute atomic E-state index is 1.17. The second-order valence-corrected chi connectivity index (χ2v) is 40.7. The zero-order chi connectivity index (χ0) is 97.6. The van der Waals surface area contributed by atoms with Gasteiger partial charge in [0.05, 0.1) is 76.6 Å². The zero-order valence-electron chi connectivity index (χ0n) is 80.9. The average Bonchev–Trinajstić information content (AvgIpc) is 1.49. The Bertz CT molecular complexity index is 11200. The largest absolute Gasteiger partial charge is 0.309 e. The Morgan fingerprint density at radius 2 is 0.356 bits per heavy atom. The number of fused-ring (bicyclic) bond motifs is 33. The number of benzene rings is 26. The van der Waals surface area contributed by atoms with Gasteiger partial charge in [0, 0.05) is 109 Å². The Morgan fingerprint density at radius 3 is 0.718 bits per heavy atom. The lowest BCUT2D eigenvalue weighted by Crippen LogP contribution is -1.94. The molecule has 0 aliphatic heterocycles. The quantitative estimate of drug-likeness (QED) is 0.129. The van der Waals surface area contributed by atoms with Gasteiger partial charge in [0.1, 0.15) is 0 Å². The van der Waals surface area contributed by atoms with Crippen molar-refractivity contribution in [3.63, 3.8) is 0 Å². The van der Waals surface area contributed by atoms with E-state index in [1.165, 1.54) is 294 Å². The molecule has 149 heavy (non-hydrogen) atoms. The van der Waals surface area contributed by atoms with Crippen LogP contribution in [0.5, 0.6) is 0 Å². The monoisotopic (exact) mass is 1910 g/mol. The number of nitrogens with zero attached hydrogens (tertiary/aromatic N) is 6. The van der Waals surface area contributed by atoms with Crippen LogP contribution in [0.3, 0.4) is 0 Å². The number of hydrogen-bond acceptors (Lipinski definition) is 1. The van der Waals surface area contributed by atoms with E-state index in [0.29, 0.717) is 0 Å². The van der Waals surface area contributed by atoms with E-state index in [4.69, 9.17) is 0 Å². The van der Waals surface area contributed by atoms with E-state index >= 15 is 0 Å². The van der Waals surface area contributed by atoms with Gasteiger partial charge in [-0.15, -0.1) is 11.3 Å². The Hall–Kier alpha value is -19.4. The fourth-order valence-electron chi connectivity index (χ4n) is 24.9. The number of thiophene rings is 1. The summed E-state index contributed by atoms with van der Waals surface area (Å²) >= 11 is 1.88. The van der Waals surface area contributed by atoms with Crippen molar-refractivity contribution in [2.45, 2.75) is 0 Å². The van der Waals surface area contributed by atoms with E-state index in [9.17, 15) is 0 Å². The standard InChI is InChI=1S/C52H32N2.C48H30N2.C42H26N2S/c1-3-11-41-33(9-1)17-19-37-29-39(23-25-43(37)41)53-49-15-7-5-13-45(49)47-31-35(21-27-51(47)53)36-22-28-52-48(32-36)46-14-6-8-16-50(46)54(52)40-24-26-44-38(30-40)20-18-34-10-2-4-12-42(34)44;1-2-12-33(13-3-1)49-45-20-10-8-18-40(45)43-28-31(22-26-47(43)49)32-23-27-48-44(29-32)41-19-9-11-21-46(41)50(48)34-24-25-39-37-16-5-4-14-35(37)36-15-6-7-17-38(36)42(39)30-34;1-2-11-29(12-3-1)43-36-17-7-4-13-30(36)34-25-27(21-23-38(34)43)28-22-24-39-35(26-28)31-14-5-8-18-37(31)44(39)40-19-10-16-33-32-15-6-9-20-41(32)45-42(33)40/h1-32H;1-30H;1-26H. The van der Waals surface area contributed by atoms with Gasteiger partial charge in [0.2, 0.25) is 0 Å². The fraction of sp³-hybridized carbons (Fsp3) is 0. The van der Waals surface area contributed by atoms with Crippen LogP contribution in [0.25, 0.3) is 294 Å². The summed E-state index contributed by atoms with van der Waals surface area (Å²) in [4.78, 5) is 0. The molecule has 7 heteroatoms. The zero-order valence-corrected chi connectivity index (χ0v) is 81.7. The van der Waals surface area contributed by atoms with E-state index in [1.54, 1.807) is 0 Å². The average molecular weight is 1910 g/mol. The summed E-state index contributed by atoms with van der Waals surface area (Å²) < 4.78 is 17.1. The molecule has 0 radical (unpaired) electrons. The highest BCUT2D eigenvalue weighted by molar-refractivity contribution is 7.26. The molecule has 0 spiro atoms. The van der Waals surface area contributed by atoms with Crippen LogP contribution in [0.15, 0.2) is 534 Å². The minimum Gasteiger partial charge on any atom is -0.309 e. The minimum atomic E-state index is 1.17. The molecule has 0 saturated heterocycles. The molecule has 0 aliphatic rings. The van der Waals surface area contributed by atoms with Gasteiger partial charge < -0.3 is 27.4 Å². The van der Waals surface area contributed by atoms with Crippen LogP contribution < -0.4 is 0 Å². The van der Waals surface area contributed by atoms with Crippen molar-refractivity contribution in [2.24, 2.45) is 0 Å². The van der Waals surface area contributed by atoms with E-state index in [-0.39, 0.29) is 0 Å². The third-order valence-corrected chi connectivity index (χ3v) is 32.9. The van der Waals surface area contributed by atoms with Crippen LogP contribution in [0.2, 0.25) is 0 Å². The van der Waals surface area contributed by atoms with Crippen LogP contribution in [0.4, 0.5) is 0 Å². The van der Waals surface area contributed by atoms with Gasteiger partial charge >= 0.3 is 0 Å². The van der Waals surface area contributed by atoms with Crippen LogP contribution in [0, 0.1) is 0 Å². The second-order valence-electron chi connectivity index (χ2n) is 39.6. The normalized spacial score (nSPS) is 12.0. The molecule has 33 rings (SSSR count). The third-order valence-electron chi connectivity index (χ3n) is 31.6. The molecule has 0 fully saturated rings. The lowest BCUT2D eigenvalue weighted by atomic mass is 9.94. The molecule has 7 heterocycles. The van der Waals surface area contributed by atoms with Crippen LogP contribution >= 0.6 is 11.3 Å². The molecular formula is C142H88N6S. The first-order chi connectivity index (χ1) is 73.9. The van der Waals surface area contributed by atoms with Crippen LogP contribution in [-0.4, -0.2) is 27.4 Å². The summed E-state index contributed by atoms with van der Waals surface area (Å²) in [5.41, 5.74) is 29.1. The third kappa shape index (κ3) is 13.2. The van der Waals surface area contributed by atoms with E-state index in [1.807, 2.05) is 11.3 Å². The van der Waals surface area contributed by atoms with Crippen molar-refractivity contribution in [2.75, 3.05) is 0 Å². The van der Waals surface area contributed by atoms with Crippen LogP contribution in [0.1, 0.15) is 0 Å². The lowest BCUT2D eigenvalue weighted by molar-refractivity contribution is 1.18. The van der Waals surface area contributed by atoms with Gasteiger partial charge in [-0.3, -0.25) is 0 Å². The van der Waals surface area contributed by atoms with E-state index in [2.05, 4.69) is 561 Å². The summed E-state index contributed by atoms with van der Waals surface area (Å²) in [5, 5.41) is 35.7. The highest BCUT2D eigenvalue weighted by Crippen LogP contribution is 2.49. The van der Waals surface area contributed by atoms with Crippen molar-refractivity contribution in [3.8, 4) is 67.5 Å². The molecule has 6 nitrogen and oxygen atoms in total. The number of para-hydroxylation sites is 8. The highest BCUT2D eigenvalue weighted by atomic mass is 32.1. The van der Waals surface area contributed by atoms with Crippen molar-refractivity contribution in [3.05, 3.63) is 534 Å². The molecule has 0 unspecified atom stereocenters. The Kier molecular flexibility index (Phi) is 19.0. The first-order valence-electron chi connectivity index (χ1n) is 51.3. The molecule has 33 aromatic rings. The summed E-state index contributed by atoms with van der Waals surface area (Å²) in [7, 11) is 0. The maximum Gasteiger partial charge on any atom is 0.0640 e. The SMILES string of the molecule is c1ccc(-n2c3ccccc3c3cc(-c4ccc5c(c4)c4ccccc4n5-c4ccc5c6ccccc6c6ccccc6c5c4)ccc32)cc1.c1ccc(-n2c3ccccc3c3cc(-c4ccc5c(c4)c4ccccc4n5-c4cccc5c4sc4ccccc45)ccc32)cc1.c1ccc2c(c1)ccc1cc(-n3c4ccccc4c4cc(-c5ccc6c(c5)c5ccccc5n6-c5ccc6c(ccc7ccccc76)c5)ccc43)ccc12. The van der Waals surface area contributed by atoms with Gasteiger partial charge in [0.25, 0.3) is 0 Å². The predicted molar refractivity (Wildman–Crippen MR) is 637 cm³/mol. The molecular weight excluding hydrogens is 1820 g/mol. The molecule has 0 bridgehead atoms. The molecule has 0 aliphatic carbocycles. The number of aromatic nitrogens is 6. The van der Waals surface area contributed by atoms with Crippen LogP contribution in [-0.2, 0) is 0 Å². The summed E-state index contributed by atoms with van der Waals surface area (Å²) in [5.74, 6) is 0. The van der Waals surface area contributed by atoms with Gasteiger partial charge in [-0.25, -0.2) is 0 Å². The van der Waals surface area contributed by atoms with E-state index in [0.717, 1.165) is 0 Å². The predicted octanol–water partition coefficient (Wildman–Crippen LogP) is 39.1. The van der Waals surface area contributed by atoms with E-state index < -0.39 is 0 Å². The highest BCUT2D eigenvalue weighted by Gasteiger charge is 2.25. The van der Waals surface area contributed by atoms with Gasteiger partial charge in [-0.2, -0.15) is 0 Å². The van der Waals surface area contributed by atoms with Crippen molar-refractivity contribution in [1.29, 1.82) is 0 Å². The molecule has 26 aromatic carbocycles. The first kappa shape index (κ1) is 84.1. The van der Waals surface area contributed by atoms with Gasteiger partial charge in [-0.1, -0.05) is 352 Å². The summed E-state index contributed by atoms with van der Waals surface area (Å²) in [6, 6.07) is 196. The lowest BCUT2D eigenvalue weighted by Gasteiger charge is -2.14. The molecule has 7 aromatic heterocycles. The Morgan fingerprint density at radius 1 is 0.114 bits per heavy atom. The fourth-order valence-corrected chi connectivity index (χ4v) is 26.1. The first-order valence-corrected chi connectivity index (χ1v) is 52.1. The Labute approximate surface area is 860 Å². The molecule has 0 amide bonds. The van der Waals surface area contributed by atoms with Crippen molar-refractivity contribution in [1.82, 2.24) is 27.4 Å². The number of hydrogen-bond donors (Lipinski definition) is 0. The van der Waals surface area contributed by atoms with Crippen molar-refractivity contribution >= 4 is 238 Å². The summed E-state index contributed by atoms with van der Waals surface area (Å²) in [6.07, 6.45) is 0. The Balaban J connectivity index is 0.000000101. The molecule has 0 N–H and O–H groups in total. The summed E-state index contributed by atoms with van der Waals surface area (Å²) in [6.45, 7) is 0.